The Morgan fingerprint density at radius 2 is 1.91 bits per heavy atom. The van der Waals surface area contributed by atoms with Crippen LogP contribution in [-0.2, 0) is 25.8 Å². The van der Waals surface area contributed by atoms with Crippen molar-refractivity contribution in [3.05, 3.63) is 36.0 Å². The van der Waals surface area contributed by atoms with Crippen LogP contribution in [0, 0.1) is 0 Å². The molecular formula is C18H22N2O10S2. The summed E-state index contributed by atoms with van der Waals surface area (Å²) in [6.45, 7) is 0.720. The number of benzene rings is 1. The van der Waals surface area contributed by atoms with Crippen LogP contribution < -0.4 is 0 Å². The fourth-order valence-corrected chi connectivity index (χ4v) is 4.61. The van der Waals surface area contributed by atoms with Gasteiger partial charge in [0.05, 0.1) is 12.1 Å². The van der Waals surface area contributed by atoms with E-state index in [1.807, 2.05) is 0 Å². The number of ether oxygens (including phenoxy) is 1. The van der Waals surface area contributed by atoms with E-state index in [-0.39, 0.29) is 17.4 Å². The monoisotopic (exact) mass is 490 g/mol. The molecule has 0 amide bonds. The molecule has 0 radical (unpaired) electrons. The maximum Gasteiger partial charge on any atom is 0.466 e. The lowest BCUT2D eigenvalue weighted by atomic mass is 10.0. The molecule has 2 aromatic rings. The van der Waals surface area contributed by atoms with Crippen molar-refractivity contribution in [2.45, 2.75) is 43.2 Å². The number of rotatable bonds is 6. The molecule has 2 heterocycles. The summed E-state index contributed by atoms with van der Waals surface area (Å²) in [5, 5.41) is 43.5. The Balaban J connectivity index is 1.94. The van der Waals surface area contributed by atoms with Crippen molar-refractivity contribution < 1.29 is 47.2 Å². The van der Waals surface area contributed by atoms with E-state index in [9.17, 15) is 33.6 Å². The summed E-state index contributed by atoms with van der Waals surface area (Å²) in [4.78, 5) is 12.0. The van der Waals surface area contributed by atoms with Gasteiger partial charge in [0, 0.05) is 24.9 Å². The Labute approximate surface area is 187 Å². The Morgan fingerprint density at radius 1 is 1.22 bits per heavy atom. The summed E-state index contributed by atoms with van der Waals surface area (Å²) in [5.74, 6) is -0.262. The van der Waals surface area contributed by atoms with Crippen molar-refractivity contribution in [2.75, 3.05) is 6.61 Å². The van der Waals surface area contributed by atoms with E-state index < -0.39 is 46.9 Å². The lowest BCUT2D eigenvalue weighted by Crippen LogP contribution is -2.57. The Morgan fingerprint density at radius 3 is 2.53 bits per heavy atom. The molecule has 0 spiro atoms. The van der Waals surface area contributed by atoms with E-state index in [1.54, 1.807) is 24.3 Å². The molecule has 1 aliphatic rings. The topological polar surface area (TPSA) is 188 Å². The summed E-state index contributed by atoms with van der Waals surface area (Å²) in [6.07, 6.45) is -4.60. The number of oxime groups is 1. The van der Waals surface area contributed by atoms with Crippen LogP contribution >= 0.6 is 11.8 Å². The van der Waals surface area contributed by atoms with E-state index in [2.05, 4.69) is 9.44 Å². The maximum absolute atomic E-state index is 12.0. The molecular weight excluding hydrogens is 468 g/mol. The molecule has 0 aliphatic carbocycles. The zero-order chi connectivity index (χ0) is 23.6. The van der Waals surface area contributed by atoms with Crippen molar-refractivity contribution in [3.63, 3.8) is 0 Å². The largest absolute Gasteiger partial charge is 0.466 e. The number of hydrogen-bond donors (Lipinski definition) is 5. The third-order valence-corrected chi connectivity index (χ3v) is 6.19. The molecule has 1 saturated heterocycles. The molecule has 0 bridgehead atoms. The Kier molecular flexibility index (Phi) is 7.57. The number of nitrogens with zero attached hydrogens (tertiary/aromatic N) is 2. The second kappa shape index (κ2) is 9.84. The minimum absolute atomic E-state index is 0.0987. The highest BCUT2D eigenvalue weighted by molar-refractivity contribution is 8.14. The van der Waals surface area contributed by atoms with Gasteiger partial charge in [-0.3, -0.25) is 13.9 Å². The first kappa shape index (κ1) is 24.6. The van der Waals surface area contributed by atoms with Gasteiger partial charge in [0.2, 0.25) is 5.91 Å². The van der Waals surface area contributed by atoms with Crippen molar-refractivity contribution >= 4 is 44.0 Å². The van der Waals surface area contributed by atoms with Gasteiger partial charge in [-0.1, -0.05) is 35.1 Å². The fraction of sp³-hybridized carbons (Fsp3) is 0.444. The van der Waals surface area contributed by atoms with Gasteiger partial charge >= 0.3 is 10.4 Å². The number of aliphatic hydroxyl groups is 4. The second-order valence-electron chi connectivity index (χ2n) is 7.04. The van der Waals surface area contributed by atoms with Crippen LogP contribution in [0.15, 0.2) is 35.6 Å². The number of para-hydroxylation sites is 1. The SMILES string of the molecule is CC(=O)n1cc(C/C(=N/OS(=O)(=O)O)S[C@@H]2O[C@H](CO)[C@@H](O)[C@H](O)[C@H]2O)c2ccccc21. The molecule has 1 aliphatic heterocycles. The number of thioether (sulfide) groups is 1. The van der Waals surface area contributed by atoms with E-state index in [4.69, 9.17) is 9.29 Å². The molecule has 3 rings (SSSR count). The smallest absolute Gasteiger partial charge is 0.394 e. The first-order valence-electron chi connectivity index (χ1n) is 9.32. The molecule has 0 unspecified atom stereocenters. The highest BCUT2D eigenvalue weighted by Crippen LogP contribution is 2.31. The van der Waals surface area contributed by atoms with Gasteiger partial charge in [-0.2, -0.15) is 8.42 Å². The first-order chi connectivity index (χ1) is 15.0. The average Bonchev–Trinajstić information content (AvgIpc) is 3.10. The maximum atomic E-state index is 12.0. The van der Waals surface area contributed by atoms with E-state index in [0.29, 0.717) is 28.2 Å². The summed E-state index contributed by atoms with van der Waals surface area (Å²) >= 11 is 0.661. The van der Waals surface area contributed by atoms with E-state index in [1.165, 1.54) is 17.7 Å². The predicted molar refractivity (Wildman–Crippen MR) is 113 cm³/mol. The zero-order valence-corrected chi connectivity index (χ0v) is 18.3. The van der Waals surface area contributed by atoms with Gasteiger partial charge in [-0.05, 0) is 11.6 Å². The number of aromatic nitrogens is 1. The third-order valence-electron chi connectivity index (χ3n) is 4.81. The van der Waals surface area contributed by atoms with Crippen molar-refractivity contribution in [2.24, 2.45) is 5.16 Å². The van der Waals surface area contributed by atoms with Crippen LogP contribution in [0.1, 0.15) is 17.3 Å². The average molecular weight is 491 g/mol. The quantitative estimate of drug-likeness (QED) is 0.152. The predicted octanol–water partition coefficient (Wildman–Crippen LogP) is -0.490. The fourth-order valence-electron chi connectivity index (χ4n) is 3.30. The number of aliphatic hydroxyl groups excluding tert-OH is 4. The van der Waals surface area contributed by atoms with Crippen molar-refractivity contribution in [1.82, 2.24) is 4.57 Å². The van der Waals surface area contributed by atoms with Crippen LogP contribution in [-0.4, -0.2) is 85.4 Å². The minimum atomic E-state index is -4.94. The summed E-state index contributed by atoms with van der Waals surface area (Å²) < 4.78 is 41.9. The van der Waals surface area contributed by atoms with Gasteiger partial charge in [0.1, 0.15) is 34.9 Å². The lowest BCUT2D eigenvalue weighted by Gasteiger charge is -2.39. The normalized spacial score (nSPS) is 26.9. The van der Waals surface area contributed by atoms with Gasteiger partial charge < -0.3 is 25.2 Å². The molecule has 5 N–H and O–H groups in total. The molecule has 14 heteroatoms. The summed E-state index contributed by atoms with van der Waals surface area (Å²) in [5.41, 5.74) is -0.121. The standard InChI is InChI=1S/C18H22N2O10S2/c1-9(22)20-7-10(11-4-2-3-5-12(11)20)6-14(19-30-32(26,27)28)31-18-17(25)16(24)15(23)13(8-21)29-18/h2-5,7,13,15-18,21,23-25H,6,8H2,1H3,(H,26,27,28)/b19-14-/t13-,15-,16+,17-,18+/m1/s1. The van der Waals surface area contributed by atoms with Crippen molar-refractivity contribution in [1.29, 1.82) is 0 Å². The third kappa shape index (κ3) is 5.47. The second-order valence-corrected chi connectivity index (χ2v) is 9.22. The number of carbonyl (C=O) groups is 1. The zero-order valence-electron chi connectivity index (χ0n) is 16.7. The van der Waals surface area contributed by atoms with Crippen LogP contribution in [0.3, 0.4) is 0 Å². The highest BCUT2D eigenvalue weighted by atomic mass is 32.3. The molecule has 12 nitrogen and oxygen atoms in total. The van der Waals surface area contributed by atoms with Crippen LogP contribution in [0.4, 0.5) is 0 Å². The molecule has 1 aromatic carbocycles. The van der Waals surface area contributed by atoms with Gasteiger partial charge in [-0.15, -0.1) is 0 Å². The Bertz CT molecular complexity index is 1110. The number of fused-ring (bicyclic) bond motifs is 1. The van der Waals surface area contributed by atoms with Crippen LogP contribution in [0.25, 0.3) is 10.9 Å². The van der Waals surface area contributed by atoms with Gasteiger partial charge in [-0.25, -0.2) is 4.28 Å². The summed E-state index contributed by atoms with van der Waals surface area (Å²) in [6, 6.07) is 6.94. The van der Waals surface area contributed by atoms with Crippen LogP contribution in [0.2, 0.25) is 0 Å². The molecule has 176 valence electrons. The van der Waals surface area contributed by atoms with Crippen LogP contribution in [0.5, 0.6) is 0 Å². The molecule has 0 saturated carbocycles. The number of carbonyl (C=O) groups excluding carboxylic acids is 1. The summed E-state index contributed by atoms with van der Waals surface area (Å²) in [7, 11) is -4.94. The highest BCUT2D eigenvalue weighted by Gasteiger charge is 2.44. The molecule has 32 heavy (non-hydrogen) atoms. The van der Waals surface area contributed by atoms with E-state index in [0.717, 1.165) is 0 Å². The van der Waals surface area contributed by atoms with Gasteiger partial charge in [0.15, 0.2) is 0 Å². The van der Waals surface area contributed by atoms with Crippen molar-refractivity contribution in [3.8, 4) is 0 Å². The van der Waals surface area contributed by atoms with E-state index >= 15 is 0 Å². The van der Waals surface area contributed by atoms with Gasteiger partial charge in [0.25, 0.3) is 0 Å². The Hall–Kier alpha value is -2.04. The molecule has 5 atom stereocenters. The molecule has 1 aromatic heterocycles. The number of hydrogen-bond acceptors (Lipinski definition) is 11. The molecule has 1 fully saturated rings. The lowest BCUT2D eigenvalue weighted by molar-refractivity contribution is -0.205. The minimum Gasteiger partial charge on any atom is -0.394 e. The first-order valence-corrected chi connectivity index (χ1v) is 11.6.